The first-order valence-electron chi connectivity index (χ1n) is 7.26. The second-order valence-corrected chi connectivity index (χ2v) is 5.08. The summed E-state index contributed by atoms with van der Waals surface area (Å²) in [5.74, 6) is 0.636. The summed E-state index contributed by atoms with van der Waals surface area (Å²) >= 11 is 0. The molecule has 2 N–H and O–H groups in total. The van der Waals surface area contributed by atoms with Crippen LogP contribution in [0.2, 0.25) is 0 Å². The van der Waals surface area contributed by atoms with Gasteiger partial charge < -0.3 is 15.2 Å². The van der Waals surface area contributed by atoms with Gasteiger partial charge in [0.1, 0.15) is 5.75 Å². The van der Waals surface area contributed by atoms with Gasteiger partial charge in [-0.3, -0.25) is 4.79 Å². The van der Waals surface area contributed by atoms with Crippen LogP contribution in [0.25, 0.3) is 0 Å². The fraction of sp³-hybridized carbons (Fsp3) is 0.562. The summed E-state index contributed by atoms with van der Waals surface area (Å²) in [7, 11) is 0. The highest BCUT2D eigenvalue weighted by Crippen LogP contribution is 2.12. The summed E-state index contributed by atoms with van der Waals surface area (Å²) in [6, 6.07) is 8.09. The SMILES string of the molecule is CCOc1ccc(CNCCC(C)CCC(=O)O)cc1. The molecule has 0 saturated heterocycles. The fourth-order valence-corrected chi connectivity index (χ4v) is 1.97. The number of nitrogens with one attached hydrogen (secondary N) is 1. The zero-order valence-corrected chi connectivity index (χ0v) is 12.4. The van der Waals surface area contributed by atoms with Gasteiger partial charge >= 0.3 is 5.97 Å². The number of benzene rings is 1. The molecule has 20 heavy (non-hydrogen) atoms. The van der Waals surface area contributed by atoms with Crippen molar-refractivity contribution < 1.29 is 14.6 Å². The van der Waals surface area contributed by atoms with Crippen molar-refractivity contribution in [3.05, 3.63) is 29.8 Å². The number of carboxylic acid groups (broad SMARTS) is 1. The maximum atomic E-state index is 10.5. The summed E-state index contributed by atoms with van der Waals surface area (Å²) in [5.41, 5.74) is 1.23. The fourth-order valence-electron chi connectivity index (χ4n) is 1.97. The smallest absolute Gasteiger partial charge is 0.303 e. The monoisotopic (exact) mass is 279 g/mol. The summed E-state index contributed by atoms with van der Waals surface area (Å²) in [6.07, 6.45) is 2.02. The van der Waals surface area contributed by atoms with Crippen LogP contribution < -0.4 is 10.1 Å². The molecule has 0 aliphatic rings. The van der Waals surface area contributed by atoms with E-state index in [0.29, 0.717) is 12.5 Å². The van der Waals surface area contributed by atoms with Gasteiger partial charge in [-0.2, -0.15) is 0 Å². The molecule has 0 spiro atoms. The molecule has 4 nitrogen and oxygen atoms in total. The molecule has 1 aromatic carbocycles. The van der Waals surface area contributed by atoms with Crippen LogP contribution in [0.5, 0.6) is 5.75 Å². The second-order valence-electron chi connectivity index (χ2n) is 5.08. The van der Waals surface area contributed by atoms with Crippen LogP contribution in [0.1, 0.15) is 38.7 Å². The molecular formula is C16H25NO3. The van der Waals surface area contributed by atoms with Crippen molar-refractivity contribution in [2.24, 2.45) is 5.92 Å². The molecule has 0 aliphatic heterocycles. The van der Waals surface area contributed by atoms with Gasteiger partial charge in [0.2, 0.25) is 0 Å². The molecule has 1 unspecified atom stereocenters. The Balaban J connectivity index is 2.15. The van der Waals surface area contributed by atoms with Gasteiger partial charge in [0, 0.05) is 13.0 Å². The van der Waals surface area contributed by atoms with Gasteiger partial charge in [-0.1, -0.05) is 19.1 Å². The molecule has 0 fully saturated rings. The second kappa shape index (κ2) is 9.37. The van der Waals surface area contributed by atoms with Crippen LogP contribution in [-0.2, 0) is 11.3 Å². The lowest BCUT2D eigenvalue weighted by atomic mass is 10.0. The van der Waals surface area contributed by atoms with E-state index in [2.05, 4.69) is 24.4 Å². The number of rotatable bonds is 10. The van der Waals surface area contributed by atoms with Crippen molar-refractivity contribution >= 4 is 5.97 Å². The van der Waals surface area contributed by atoms with E-state index in [4.69, 9.17) is 9.84 Å². The van der Waals surface area contributed by atoms with E-state index in [1.165, 1.54) is 5.56 Å². The lowest BCUT2D eigenvalue weighted by Crippen LogP contribution is -2.17. The Labute approximate surface area is 121 Å². The van der Waals surface area contributed by atoms with Crippen LogP contribution in [0.3, 0.4) is 0 Å². The topological polar surface area (TPSA) is 58.6 Å². The van der Waals surface area contributed by atoms with Gasteiger partial charge in [0.05, 0.1) is 6.61 Å². The van der Waals surface area contributed by atoms with Crippen LogP contribution >= 0.6 is 0 Å². The number of carbonyl (C=O) groups is 1. The quantitative estimate of drug-likeness (QED) is 0.646. The molecule has 1 atom stereocenters. The minimum atomic E-state index is -0.709. The highest BCUT2D eigenvalue weighted by atomic mass is 16.5. The number of hydrogen-bond acceptors (Lipinski definition) is 3. The lowest BCUT2D eigenvalue weighted by Gasteiger charge is -2.11. The minimum absolute atomic E-state index is 0.264. The summed E-state index contributed by atoms with van der Waals surface area (Å²) < 4.78 is 5.40. The molecule has 0 amide bonds. The first kappa shape index (κ1) is 16.5. The molecule has 0 aliphatic carbocycles. The molecule has 0 aromatic heterocycles. The van der Waals surface area contributed by atoms with E-state index in [9.17, 15) is 4.79 Å². The Hall–Kier alpha value is -1.55. The first-order chi connectivity index (χ1) is 9.61. The zero-order chi connectivity index (χ0) is 14.8. The number of carboxylic acids is 1. The van der Waals surface area contributed by atoms with Gasteiger partial charge in [-0.25, -0.2) is 0 Å². The zero-order valence-electron chi connectivity index (χ0n) is 12.4. The standard InChI is InChI=1S/C16H25NO3/c1-3-20-15-7-5-14(6-8-15)12-17-11-10-13(2)4-9-16(18)19/h5-8,13,17H,3-4,9-12H2,1-2H3,(H,18,19). The van der Waals surface area contributed by atoms with Crippen LogP contribution in [0, 0.1) is 5.92 Å². The molecule has 1 aromatic rings. The van der Waals surface area contributed by atoms with E-state index in [1.807, 2.05) is 19.1 Å². The lowest BCUT2D eigenvalue weighted by molar-refractivity contribution is -0.137. The Morgan fingerprint density at radius 2 is 2.00 bits per heavy atom. The third-order valence-electron chi connectivity index (χ3n) is 3.23. The normalized spacial score (nSPS) is 12.1. The summed E-state index contributed by atoms with van der Waals surface area (Å²) in [5, 5.41) is 12.0. The maximum absolute atomic E-state index is 10.5. The highest BCUT2D eigenvalue weighted by Gasteiger charge is 2.05. The third kappa shape index (κ3) is 7.14. The largest absolute Gasteiger partial charge is 0.494 e. The molecule has 0 saturated carbocycles. The average Bonchev–Trinajstić information content (AvgIpc) is 2.43. The van der Waals surface area contributed by atoms with Gasteiger partial charge in [0.25, 0.3) is 0 Å². The highest BCUT2D eigenvalue weighted by molar-refractivity contribution is 5.66. The van der Waals surface area contributed by atoms with E-state index in [0.717, 1.165) is 31.7 Å². The Bertz CT molecular complexity index is 389. The van der Waals surface area contributed by atoms with Crippen molar-refractivity contribution in [1.82, 2.24) is 5.32 Å². The van der Waals surface area contributed by atoms with Crippen molar-refractivity contribution in [1.29, 1.82) is 0 Å². The number of hydrogen-bond donors (Lipinski definition) is 2. The third-order valence-corrected chi connectivity index (χ3v) is 3.23. The van der Waals surface area contributed by atoms with Crippen molar-refractivity contribution in [2.75, 3.05) is 13.2 Å². The molecule has 0 heterocycles. The van der Waals surface area contributed by atoms with Gasteiger partial charge in [0.15, 0.2) is 0 Å². The van der Waals surface area contributed by atoms with E-state index < -0.39 is 5.97 Å². The maximum Gasteiger partial charge on any atom is 0.303 e. The minimum Gasteiger partial charge on any atom is -0.494 e. The predicted molar refractivity (Wildman–Crippen MR) is 80.0 cm³/mol. The van der Waals surface area contributed by atoms with Crippen LogP contribution in [-0.4, -0.2) is 24.2 Å². The van der Waals surface area contributed by atoms with E-state index in [1.54, 1.807) is 0 Å². The predicted octanol–water partition coefficient (Wildman–Crippen LogP) is 3.07. The van der Waals surface area contributed by atoms with Crippen molar-refractivity contribution in [2.45, 2.75) is 39.7 Å². The van der Waals surface area contributed by atoms with Crippen LogP contribution in [0.15, 0.2) is 24.3 Å². The molecule has 4 heteroatoms. The summed E-state index contributed by atoms with van der Waals surface area (Å²) in [6.45, 7) is 6.50. The Kier molecular flexibility index (Phi) is 7.73. The van der Waals surface area contributed by atoms with Crippen molar-refractivity contribution in [3.63, 3.8) is 0 Å². The van der Waals surface area contributed by atoms with Crippen LogP contribution in [0.4, 0.5) is 0 Å². The first-order valence-corrected chi connectivity index (χ1v) is 7.26. The van der Waals surface area contributed by atoms with E-state index in [-0.39, 0.29) is 6.42 Å². The number of ether oxygens (including phenoxy) is 1. The van der Waals surface area contributed by atoms with Gasteiger partial charge in [-0.15, -0.1) is 0 Å². The molecule has 112 valence electrons. The molecular weight excluding hydrogens is 254 g/mol. The average molecular weight is 279 g/mol. The molecule has 0 bridgehead atoms. The van der Waals surface area contributed by atoms with Crippen molar-refractivity contribution in [3.8, 4) is 5.75 Å². The number of aliphatic carboxylic acids is 1. The molecule has 1 rings (SSSR count). The summed E-state index contributed by atoms with van der Waals surface area (Å²) in [4.78, 5) is 10.5. The Morgan fingerprint density at radius 1 is 1.30 bits per heavy atom. The molecule has 0 radical (unpaired) electrons. The van der Waals surface area contributed by atoms with E-state index >= 15 is 0 Å². The van der Waals surface area contributed by atoms with Gasteiger partial charge in [-0.05, 0) is 49.9 Å². The Morgan fingerprint density at radius 3 is 2.60 bits per heavy atom.